The number of amides is 3. The Balaban J connectivity index is 1.65. The molecule has 0 spiro atoms. The predicted octanol–water partition coefficient (Wildman–Crippen LogP) is 1.22. The third-order valence-corrected chi connectivity index (χ3v) is 4.23. The maximum atomic E-state index is 13.5. The summed E-state index contributed by atoms with van der Waals surface area (Å²) in [5.74, 6) is -0.212. The quantitative estimate of drug-likeness (QED) is 0.777. The Labute approximate surface area is 148 Å². The monoisotopic (exact) mass is 350 g/mol. The van der Waals surface area contributed by atoms with Crippen molar-refractivity contribution in [3.63, 3.8) is 0 Å². The highest BCUT2D eigenvalue weighted by atomic mass is 19.1. The smallest absolute Gasteiger partial charge is 0.317 e. The molecule has 138 valence electrons. The van der Waals surface area contributed by atoms with Gasteiger partial charge in [0.1, 0.15) is 5.82 Å². The van der Waals surface area contributed by atoms with Gasteiger partial charge in [0.25, 0.3) is 0 Å². The average Bonchev–Trinajstić information content (AvgIpc) is 2.62. The standard InChI is InChI=1S/C18H27FN4O2/c1-2-8-20-17(24)14-22-10-12-23(13-11-22)18(25)21-9-7-15-5-3-4-6-16(15)19/h3-6H,2,7-14H2,1H3,(H,20,24)(H,21,25). The third-order valence-electron chi connectivity index (χ3n) is 4.23. The highest BCUT2D eigenvalue weighted by molar-refractivity contribution is 5.78. The zero-order valence-corrected chi connectivity index (χ0v) is 14.8. The molecular weight excluding hydrogens is 323 g/mol. The van der Waals surface area contributed by atoms with Crippen LogP contribution in [0.3, 0.4) is 0 Å². The number of carbonyl (C=O) groups excluding carboxylic acids is 2. The van der Waals surface area contributed by atoms with Crippen LogP contribution in [0.4, 0.5) is 9.18 Å². The van der Waals surface area contributed by atoms with E-state index in [0.717, 1.165) is 6.42 Å². The predicted molar refractivity (Wildman–Crippen MR) is 94.8 cm³/mol. The first-order valence-corrected chi connectivity index (χ1v) is 8.85. The van der Waals surface area contributed by atoms with Gasteiger partial charge in [-0.3, -0.25) is 9.69 Å². The number of hydrogen-bond acceptors (Lipinski definition) is 3. The number of carbonyl (C=O) groups is 2. The molecule has 0 atom stereocenters. The Morgan fingerprint density at radius 2 is 1.80 bits per heavy atom. The lowest BCUT2D eigenvalue weighted by Crippen LogP contribution is -2.53. The number of hydrogen-bond donors (Lipinski definition) is 2. The first kappa shape index (κ1) is 19.2. The van der Waals surface area contributed by atoms with Crippen LogP contribution in [0, 0.1) is 5.82 Å². The summed E-state index contributed by atoms with van der Waals surface area (Å²) in [6.07, 6.45) is 1.39. The van der Waals surface area contributed by atoms with Gasteiger partial charge in [-0.25, -0.2) is 9.18 Å². The molecule has 1 fully saturated rings. The van der Waals surface area contributed by atoms with Gasteiger partial charge < -0.3 is 15.5 Å². The molecule has 7 heteroatoms. The maximum absolute atomic E-state index is 13.5. The molecule has 0 aliphatic carbocycles. The normalized spacial score (nSPS) is 15.0. The van der Waals surface area contributed by atoms with Crippen molar-refractivity contribution in [3.8, 4) is 0 Å². The number of benzene rings is 1. The number of piperazine rings is 1. The highest BCUT2D eigenvalue weighted by Gasteiger charge is 2.22. The molecule has 1 aliphatic rings. The zero-order valence-electron chi connectivity index (χ0n) is 14.8. The van der Waals surface area contributed by atoms with Gasteiger partial charge in [-0.15, -0.1) is 0 Å². The molecule has 3 amide bonds. The van der Waals surface area contributed by atoms with Crippen LogP contribution in [0.25, 0.3) is 0 Å². The molecule has 1 aromatic carbocycles. The van der Waals surface area contributed by atoms with E-state index >= 15 is 0 Å². The number of halogens is 1. The van der Waals surface area contributed by atoms with Gasteiger partial charge in [-0.2, -0.15) is 0 Å². The molecule has 1 aromatic rings. The fourth-order valence-corrected chi connectivity index (χ4v) is 2.75. The van der Waals surface area contributed by atoms with Crippen LogP contribution in [-0.2, 0) is 11.2 Å². The first-order valence-electron chi connectivity index (χ1n) is 8.85. The van der Waals surface area contributed by atoms with E-state index in [1.54, 1.807) is 23.1 Å². The SMILES string of the molecule is CCCNC(=O)CN1CCN(C(=O)NCCc2ccccc2F)CC1. The Morgan fingerprint density at radius 3 is 2.48 bits per heavy atom. The molecule has 0 bridgehead atoms. The molecule has 0 aromatic heterocycles. The second-order valence-electron chi connectivity index (χ2n) is 6.19. The van der Waals surface area contributed by atoms with E-state index < -0.39 is 0 Å². The van der Waals surface area contributed by atoms with E-state index in [0.29, 0.717) is 57.8 Å². The van der Waals surface area contributed by atoms with Crippen LogP contribution in [0.15, 0.2) is 24.3 Å². The minimum absolute atomic E-state index is 0.0321. The molecule has 2 N–H and O–H groups in total. The van der Waals surface area contributed by atoms with E-state index in [2.05, 4.69) is 10.6 Å². The fourth-order valence-electron chi connectivity index (χ4n) is 2.75. The van der Waals surface area contributed by atoms with Crippen molar-refractivity contribution >= 4 is 11.9 Å². The number of nitrogens with one attached hydrogen (secondary N) is 2. The van der Waals surface area contributed by atoms with Gasteiger partial charge in [0.05, 0.1) is 6.54 Å². The van der Waals surface area contributed by atoms with Gasteiger partial charge in [0.15, 0.2) is 0 Å². The summed E-state index contributed by atoms with van der Waals surface area (Å²) in [7, 11) is 0. The van der Waals surface area contributed by atoms with Crippen LogP contribution >= 0.6 is 0 Å². The summed E-state index contributed by atoms with van der Waals surface area (Å²) in [5, 5.41) is 5.69. The first-order chi connectivity index (χ1) is 12.1. The summed E-state index contributed by atoms with van der Waals surface area (Å²) in [6, 6.07) is 6.46. The lowest BCUT2D eigenvalue weighted by Gasteiger charge is -2.34. The number of rotatable bonds is 7. The van der Waals surface area contributed by atoms with Crippen LogP contribution in [-0.4, -0.2) is 67.6 Å². The summed E-state index contributed by atoms with van der Waals surface area (Å²) in [6.45, 7) is 6.04. The van der Waals surface area contributed by atoms with E-state index in [1.165, 1.54) is 6.07 Å². The van der Waals surface area contributed by atoms with E-state index in [1.807, 2.05) is 11.8 Å². The van der Waals surface area contributed by atoms with Crippen molar-refractivity contribution in [3.05, 3.63) is 35.6 Å². The molecule has 0 unspecified atom stereocenters. The zero-order chi connectivity index (χ0) is 18.1. The Bertz CT molecular complexity index is 574. The van der Waals surface area contributed by atoms with Gasteiger partial charge >= 0.3 is 6.03 Å². The molecule has 1 saturated heterocycles. The van der Waals surface area contributed by atoms with Crippen molar-refractivity contribution in [1.82, 2.24) is 20.4 Å². The van der Waals surface area contributed by atoms with E-state index in [4.69, 9.17) is 0 Å². The largest absolute Gasteiger partial charge is 0.355 e. The van der Waals surface area contributed by atoms with Crippen LogP contribution < -0.4 is 10.6 Å². The van der Waals surface area contributed by atoms with Crippen LogP contribution in [0.2, 0.25) is 0 Å². The second kappa shape index (κ2) is 9.98. The van der Waals surface area contributed by atoms with Crippen molar-refractivity contribution in [2.45, 2.75) is 19.8 Å². The topological polar surface area (TPSA) is 64.7 Å². The molecule has 25 heavy (non-hydrogen) atoms. The fraction of sp³-hybridized carbons (Fsp3) is 0.556. The highest BCUT2D eigenvalue weighted by Crippen LogP contribution is 2.06. The van der Waals surface area contributed by atoms with Crippen molar-refractivity contribution < 1.29 is 14.0 Å². The summed E-state index contributed by atoms with van der Waals surface area (Å²) in [4.78, 5) is 27.7. The van der Waals surface area contributed by atoms with Gasteiger partial charge in [0, 0.05) is 39.3 Å². The summed E-state index contributed by atoms with van der Waals surface area (Å²) >= 11 is 0. The third kappa shape index (κ3) is 6.34. The Kier molecular flexibility index (Phi) is 7.66. The van der Waals surface area contributed by atoms with E-state index in [9.17, 15) is 14.0 Å². The van der Waals surface area contributed by atoms with Crippen LogP contribution in [0.1, 0.15) is 18.9 Å². The molecular formula is C18H27FN4O2. The van der Waals surface area contributed by atoms with Crippen molar-refractivity contribution in [2.75, 3.05) is 45.8 Å². The van der Waals surface area contributed by atoms with Crippen LogP contribution in [0.5, 0.6) is 0 Å². The second-order valence-corrected chi connectivity index (χ2v) is 6.19. The molecule has 0 saturated carbocycles. The molecule has 2 rings (SSSR count). The van der Waals surface area contributed by atoms with Crippen molar-refractivity contribution in [1.29, 1.82) is 0 Å². The van der Waals surface area contributed by atoms with Gasteiger partial charge in [-0.1, -0.05) is 25.1 Å². The lowest BCUT2D eigenvalue weighted by molar-refractivity contribution is -0.122. The minimum Gasteiger partial charge on any atom is -0.355 e. The summed E-state index contributed by atoms with van der Waals surface area (Å²) < 4.78 is 13.5. The number of urea groups is 1. The number of nitrogens with zero attached hydrogens (tertiary/aromatic N) is 2. The Hall–Kier alpha value is -2.15. The summed E-state index contributed by atoms with van der Waals surface area (Å²) in [5.41, 5.74) is 0.603. The average molecular weight is 350 g/mol. The van der Waals surface area contributed by atoms with Gasteiger partial charge in [0.2, 0.25) is 5.91 Å². The Morgan fingerprint density at radius 1 is 1.08 bits per heavy atom. The van der Waals surface area contributed by atoms with Gasteiger partial charge in [-0.05, 0) is 24.5 Å². The molecule has 1 heterocycles. The maximum Gasteiger partial charge on any atom is 0.317 e. The molecule has 0 radical (unpaired) electrons. The molecule has 1 aliphatic heterocycles. The van der Waals surface area contributed by atoms with E-state index in [-0.39, 0.29) is 17.8 Å². The molecule has 6 nitrogen and oxygen atoms in total. The lowest BCUT2D eigenvalue weighted by atomic mass is 10.1. The van der Waals surface area contributed by atoms with Crippen molar-refractivity contribution in [2.24, 2.45) is 0 Å². The minimum atomic E-state index is -0.244.